The van der Waals surface area contributed by atoms with Crippen molar-refractivity contribution < 1.29 is 9.90 Å². The largest absolute Gasteiger partial charge is 0.478 e. The van der Waals surface area contributed by atoms with Gasteiger partial charge in [0.25, 0.3) is 0 Å². The van der Waals surface area contributed by atoms with Gasteiger partial charge in [0, 0.05) is 0 Å². The summed E-state index contributed by atoms with van der Waals surface area (Å²) in [4.78, 5) is 10.7. The minimum atomic E-state index is -0.902. The average Bonchev–Trinajstić information content (AvgIpc) is 2.17. The van der Waals surface area contributed by atoms with Crippen molar-refractivity contribution in [2.45, 2.75) is 0 Å². The van der Waals surface area contributed by atoms with Crippen LogP contribution >= 0.6 is 0 Å². The first-order valence-electron chi connectivity index (χ1n) is 4.26. The highest BCUT2D eigenvalue weighted by molar-refractivity contribution is 5.95. The quantitative estimate of drug-likeness (QED) is 0.741. The van der Waals surface area contributed by atoms with Crippen molar-refractivity contribution in [1.82, 2.24) is 0 Å². The molecule has 0 aliphatic rings. The van der Waals surface area contributed by atoms with E-state index >= 15 is 0 Å². The van der Waals surface area contributed by atoms with Crippen LogP contribution in [0.25, 0.3) is 10.8 Å². The first-order chi connectivity index (χ1) is 6.68. The smallest absolute Gasteiger partial charge is 0.335 e. The van der Waals surface area contributed by atoms with Crippen molar-refractivity contribution in [1.29, 1.82) is 0 Å². The molecule has 0 amide bonds. The molecule has 0 fully saturated rings. The molecule has 1 N–H and O–H groups in total. The second kappa shape index (κ2) is 3.14. The van der Waals surface area contributed by atoms with Crippen molar-refractivity contribution in [2.24, 2.45) is 0 Å². The predicted octanol–water partition coefficient (Wildman–Crippen LogP) is 2.72. The number of rotatable bonds is 1. The van der Waals surface area contributed by atoms with Crippen LogP contribution in [0.5, 0.6) is 0 Å². The average molecular weight is 185 g/mol. The Labute approximate surface area is 81.8 Å². The molecule has 0 bridgehead atoms. The van der Waals surface area contributed by atoms with Crippen molar-refractivity contribution in [3.63, 3.8) is 0 Å². The number of hydrogen-bond acceptors (Lipinski definition) is 1. The van der Waals surface area contributed by atoms with Gasteiger partial charge in [0.2, 0.25) is 0 Å². The second-order valence-corrected chi connectivity index (χ2v) is 3.16. The lowest BCUT2D eigenvalue weighted by molar-refractivity contribution is 0.0697. The SMILES string of the molecule is [CH2]c1cccc2cc(C(=O)O)ccc12. The van der Waals surface area contributed by atoms with E-state index in [2.05, 4.69) is 6.92 Å². The molecule has 0 aliphatic carbocycles. The molecule has 0 aromatic heterocycles. The Morgan fingerprint density at radius 1 is 1.21 bits per heavy atom. The van der Waals surface area contributed by atoms with E-state index in [0.29, 0.717) is 5.56 Å². The fourth-order valence-corrected chi connectivity index (χ4v) is 1.48. The van der Waals surface area contributed by atoms with Gasteiger partial charge in [-0.2, -0.15) is 0 Å². The van der Waals surface area contributed by atoms with E-state index in [4.69, 9.17) is 5.11 Å². The molecule has 0 unspecified atom stereocenters. The summed E-state index contributed by atoms with van der Waals surface area (Å²) in [5.41, 5.74) is 1.22. The third kappa shape index (κ3) is 1.35. The minimum Gasteiger partial charge on any atom is -0.478 e. The van der Waals surface area contributed by atoms with E-state index < -0.39 is 5.97 Å². The van der Waals surface area contributed by atoms with Gasteiger partial charge in [-0.05, 0) is 35.4 Å². The Kier molecular flexibility index (Phi) is 1.97. The normalized spacial score (nSPS) is 10.4. The maximum atomic E-state index is 10.7. The first-order valence-corrected chi connectivity index (χ1v) is 4.26. The van der Waals surface area contributed by atoms with Gasteiger partial charge in [-0.3, -0.25) is 0 Å². The molecule has 2 rings (SSSR count). The molecule has 0 saturated carbocycles. The van der Waals surface area contributed by atoms with E-state index in [0.717, 1.165) is 16.3 Å². The third-order valence-electron chi connectivity index (χ3n) is 2.22. The summed E-state index contributed by atoms with van der Waals surface area (Å²) in [6, 6.07) is 10.7. The Hall–Kier alpha value is -1.83. The van der Waals surface area contributed by atoms with Crippen LogP contribution in [0, 0.1) is 6.92 Å². The topological polar surface area (TPSA) is 37.3 Å². The molecule has 14 heavy (non-hydrogen) atoms. The fraction of sp³-hybridized carbons (Fsp3) is 0. The van der Waals surface area contributed by atoms with Gasteiger partial charge in [-0.25, -0.2) is 4.79 Å². The highest BCUT2D eigenvalue weighted by atomic mass is 16.4. The molecular formula is C12H9O2. The van der Waals surface area contributed by atoms with Crippen LogP contribution < -0.4 is 0 Å². The van der Waals surface area contributed by atoms with Crippen LogP contribution in [0.4, 0.5) is 0 Å². The first kappa shape index (κ1) is 8.75. The predicted molar refractivity (Wildman–Crippen MR) is 55.4 cm³/mol. The van der Waals surface area contributed by atoms with Gasteiger partial charge in [0.1, 0.15) is 0 Å². The molecule has 2 aromatic carbocycles. The summed E-state index contributed by atoms with van der Waals surface area (Å²) in [5, 5.41) is 10.7. The fourth-order valence-electron chi connectivity index (χ4n) is 1.48. The van der Waals surface area contributed by atoms with Crippen molar-refractivity contribution >= 4 is 16.7 Å². The summed E-state index contributed by atoms with van der Waals surface area (Å²) >= 11 is 0. The monoisotopic (exact) mass is 185 g/mol. The standard InChI is InChI=1S/C12H9O2/c1-8-3-2-4-9-7-10(12(13)14)5-6-11(8)9/h2-7H,1H2,(H,13,14). The highest BCUT2D eigenvalue weighted by Gasteiger charge is 2.03. The number of benzene rings is 2. The van der Waals surface area contributed by atoms with Crippen molar-refractivity contribution in [2.75, 3.05) is 0 Å². The number of carboxylic acid groups (broad SMARTS) is 1. The lowest BCUT2D eigenvalue weighted by Gasteiger charge is -2.02. The molecular weight excluding hydrogens is 176 g/mol. The molecule has 1 radical (unpaired) electrons. The number of aromatic carboxylic acids is 1. The van der Waals surface area contributed by atoms with Crippen LogP contribution in [-0.2, 0) is 0 Å². The molecule has 0 atom stereocenters. The molecule has 0 aliphatic heterocycles. The van der Waals surface area contributed by atoms with E-state index in [1.165, 1.54) is 0 Å². The number of fused-ring (bicyclic) bond motifs is 1. The number of hydrogen-bond donors (Lipinski definition) is 1. The number of carboxylic acids is 1. The van der Waals surface area contributed by atoms with Gasteiger partial charge >= 0.3 is 5.97 Å². The van der Waals surface area contributed by atoms with Crippen LogP contribution in [-0.4, -0.2) is 11.1 Å². The van der Waals surface area contributed by atoms with Crippen LogP contribution in [0.2, 0.25) is 0 Å². The molecule has 0 spiro atoms. The third-order valence-corrected chi connectivity index (χ3v) is 2.22. The summed E-state index contributed by atoms with van der Waals surface area (Å²) in [5.74, 6) is -0.902. The van der Waals surface area contributed by atoms with E-state index in [1.807, 2.05) is 18.2 Å². The number of carbonyl (C=O) groups is 1. The van der Waals surface area contributed by atoms with Gasteiger partial charge in [0.15, 0.2) is 0 Å². The summed E-state index contributed by atoms with van der Waals surface area (Å²) in [6.45, 7) is 3.88. The van der Waals surface area contributed by atoms with Crippen molar-refractivity contribution in [3.05, 3.63) is 54.4 Å². The lowest BCUT2D eigenvalue weighted by atomic mass is 10.0. The Balaban J connectivity index is 2.73. The van der Waals surface area contributed by atoms with Gasteiger partial charge in [-0.1, -0.05) is 24.3 Å². The van der Waals surface area contributed by atoms with Gasteiger partial charge in [0.05, 0.1) is 5.56 Å². The minimum absolute atomic E-state index is 0.308. The summed E-state index contributed by atoms with van der Waals surface area (Å²) < 4.78 is 0. The molecule has 0 saturated heterocycles. The molecule has 2 nitrogen and oxygen atoms in total. The van der Waals surface area contributed by atoms with Crippen LogP contribution in [0.15, 0.2) is 36.4 Å². The van der Waals surface area contributed by atoms with Gasteiger partial charge in [-0.15, -0.1) is 0 Å². The second-order valence-electron chi connectivity index (χ2n) is 3.16. The Bertz CT molecular complexity index is 501. The van der Waals surface area contributed by atoms with E-state index in [1.54, 1.807) is 18.2 Å². The van der Waals surface area contributed by atoms with E-state index in [9.17, 15) is 4.79 Å². The molecule has 69 valence electrons. The zero-order valence-corrected chi connectivity index (χ0v) is 7.53. The molecule has 2 heteroatoms. The van der Waals surface area contributed by atoms with Crippen LogP contribution in [0.1, 0.15) is 15.9 Å². The Morgan fingerprint density at radius 2 is 2.00 bits per heavy atom. The lowest BCUT2D eigenvalue weighted by Crippen LogP contribution is -1.95. The highest BCUT2D eigenvalue weighted by Crippen LogP contribution is 2.19. The maximum absolute atomic E-state index is 10.7. The summed E-state index contributed by atoms with van der Waals surface area (Å²) in [6.07, 6.45) is 0. The van der Waals surface area contributed by atoms with Gasteiger partial charge < -0.3 is 5.11 Å². The van der Waals surface area contributed by atoms with E-state index in [-0.39, 0.29) is 0 Å². The molecule has 0 heterocycles. The summed E-state index contributed by atoms with van der Waals surface area (Å²) in [7, 11) is 0. The maximum Gasteiger partial charge on any atom is 0.335 e. The van der Waals surface area contributed by atoms with Crippen molar-refractivity contribution in [3.8, 4) is 0 Å². The zero-order chi connectivity index (χ0) is 10.1. The van der Waals surface area contributed by atoms with Crippen LogP contribution in [0.3, 0.4) is 0 Å². The Morgan fingerprint density at radius 3 is 2.71 bits per heavy atom. The molecule has 2 aromatic rings. The zero-order valence-electron chi connectivity index (χ0n) is 7.53.